The third kappa shape index (κ3) is 6.62. The Balaban J connectivity index is 0.884. The monoisotopic (exact) mass is 858 g/mol. The predicted octanol–water partition coefficient (Wildman–Crippen LogP) is 16.7. The van der Waals surface area contributed by atoms with E-state index in [1.54, 1.807) is 0 Å². The van der Waals surface area contributed by atoms with Gasteiger partial charge in [-0.3, -0.25) is 4.57 Å². The van der Waals surface area contributed by atoms with Crippen molar-refractivity contribution < 1.29 is 0 Å². The quantitative estimate of drug-likeness (QED) is 0.159. The van der Waals surface area contributed by atoms with Crippen molar-refractivity contribution in [3.63, 3.8) is 0 Å². The van der Waals surface area contributed by atoms with Gasteiger partial charge in [0.25, 0.3) is 0 Å². The molecule has 0 amide bonds. The Kier molecular flexibility index (Phi) is 9.28. The highest BCUT2D eigenvalue weighted by Gasteiger charge is 2.37. The molecule has 2 nitrogen and oxygen atoms in total. The van der Waals surface area contributed by atoms with Gasteiger partial charge in [0, 0.05) is 27.3 Å². The Morgan fingerprint density at radius 1 is 0.424 bits per heavy atom. The van der Waals surface area contributed by atoms with E-state index >= 15 is 0 Å². The van der Waals surface area contributed by atoms with Crippen LogP contribution in [-0.4, -0.2) is 14.8 Å². The van der Waals surface area contributed by atoms with E-state index in [0.717, 1.165) is 28.1 Å². The van der Waals surface area contributed by atoms with Crippen LogP contribution in [0, 0.1) is 0 Å². The van der Waals surface area contributed by atoms with Crippen molar-refractivity contribution in [3.05, 3.63) is 259 Å². The predicted molar refractivity (Wildman–Crippen MR) is 279 cm³/mol. The summed E-state index contributed by atoms with van der Waals surface area (Å²) in [7, 11) is 0. The Morgan fingerprint density at radius 2 is 0.985 bits per heavy atom. The molecule has 2 heterocycles. The minimum absolute atomic E-state index is 0.153. The maximum atomic E-state index is 5.18. The van der Waals surface area contributed by atoms with Crippen molar-refractivity contribution in [2.24, 2.45) is 0 Å². The van der Waals surface area contributed by atoms with Crippen molar-refractivity contribution in [1.29, 1.82) is 0 Å². The van der Waals surface area contributed by atoms with Gasteiger partial charge in [-0.1, -0.05) is 200 Å². The first kappa shape index (κ1) is 38.5. The number of benzene rings is 10. The molecule has 0 saturated heterocycles. The SMILES string of the molecule is C1=C(c2ccc(-c3cccc4ccccc34)cc2)C=C2c3cc(-c4ccc(-c5cccc6ccccc56)cc4)ccc3SC2C1c1ccc(-c2nc3ccccc3n2-c2ccccc2)cc1. The van der Waals surface area contributed by atoms with Crippen LogP contribution in [0.15, 0.2) is 248 Å². The first-order chi connectivity index (χ1) is 32.7. The number of hydrogen-bond donors (Lipinski definition) is 0. The molecule has 10 aromatic carbocycles. The number of thioether (sulfide) groups is 1. The third-order valence-electron chi connectivity index (χ3n) is 13.6. The zero-order valence-electron chi connectivity index (χ0n) is 36.1. The second-order valence-corrected chi connectivity index (χ2v) is 18.6. The summed E-state index contributed by atoms with van der Waals surface area (Å²) in [5.41, 5.74) is 18.2. The lowest BCUT2D eigenvalue weighted by atomic mass is 9.80. The zero-order valence-corrected chi connectivity index (χ0v) is 36.9. The van der Waals surface area contributed by atoms with E-state index < -0.39 is 0 Å². The summed E-state index contributed by atoms with van der Waals surface area (Å²) in [5.74, 6) is 1.10. The molecular weight excluding hydrogens is 817 g/mol. The van der Waals surface area contributed by atoms with Crippen molar-refractivity contribution >= 4 is 55.5 Å². The van der Waals surface area contributed by atoms with Crippen LogP contribution in [0.3, 0.4) is 0 Å². The lowest BCUT2D eigenvalue weighted by Crippen LogP contribution is -2.16. The number of nitrogens with zero attached hydrogens (tertiary/aromatic N) is 2. The number of allylic oxidation sites excluding steroid dienone is 3. The molecule has 2 aliphatic rings. The Labute approximate surface area is 388 Å². The normalized spacial score (nSPS) is 15.4. The minimum atomic E-state index is 0.153. The van der Waals surface area contributed by atoms with Gasteiger partial charge in [0.15, 0.2) is 0 Å². The molecule has 1 aliphatic heterocycles. The molecule has 0 fully saturated rings. The van der Waals surface area contributed by atoms with E-state index in [4.69, 9.17) is 4.98 Å². The lowest BCUT2D eigenvalue weighted by molar-refractivity contribution is 0.894. The van der Waals surface area contributed by atoms with Crippen molar-refractivity contribution in [1.82, 2.24) is 9.55 Å². The largest absolute Gasteiger partial charge is 0.292 e. The number of imidazole rings is 1. The van der Waals surface area contributed by atoms with Crippen LogP contribution in [0.2, 0.25) is 0 Å². The number of fused-ring (bicyclic) bond motifs is 6. The third-order valence-corrected chi connectivity index (χ3v) is 15.0. The molecule has 66 heavy (non-hydrogen) atoms. The summed E-state index contributed by atoms with van der Waals surface area (Å²) in [6.45, 7) is 0. The number of aromatic nitrogens is 2. The standard InChI is InChI=1S/C63H42N2S/c1-2-16-51(17-3-1)65-60-23-9-8-22-59(60)64-63(65)48-34-32-47(33-35-48)56-39-50(42-26-30-46(31-27-42)55-21-11-15-44-13-5-7-19-53(44)55)40-58-57-38-49(36-37-61(57)66-62(56)58)41-24-28-45(29-25-41)54-20-10-14-43-12-4-6-18-52(43)54/h1-40,56,62H. The molecule has 1 aromatic heterocycles. The molecule has 0 N–H and O–H groups in total. The van der Waals surface area contributed by atoms with E-state index in [-0.39, 0.29) is 11.2 Å². The molecule has 0 saturated carbocycles. The van der Waals surface area contributed by atoms with Crippen LogP contribution in [0.25, 0.3) is 94.2 Å². The molecule has 0 radical (unpaired) electrons. The maximum Gasteiger partial charge on any atom is 0.145 e. The fraction of sp³-hybridized carbons (Fsp3) is 0.0317. The molecular formula is C63H42N2S. The average molecular weight is 859 g/mol. The number of hydrogen-bond acceptors (Lipinski definition) is 2. The highest BCUT2D eigenvalue weighted by molar-refractivity contribution is 8.01. The Hall–Kier alpha value is -7.98. The molecule has 2 atom stereocenters. The van der Waals surface area contributed by atoms with Gasteiger partial charge in [-0.2, -0.15) is 0 Å². The molecule has 11 aromatic rings. The van der Waals surface area contributed by atoms with E-state index in [0.29, 0.717) is 0 Å². The molecule has 0 spiro atoms. The van der Waals surface area contributed by atoms with Crippen molar-refractivity contribution in [2.75, 3.05) is 0 Å². The number of para-hydroxylation sites is 3. The fourth-order valence-corrected chi connectivity index (χ4v) is 11.7. The van der Waals surface area contributed by atoms with Crippen LogP contribution in [0.1, 0.15) is 22.6 Å². The maximum absolute atomic E-state index is 5.18. The summed E-state index contributed by atoms with van der Waals surface area (Å²) in [5, 5.41) is 5.31. The van der Waals surface area contributed by atoms with Gasteiger partial charge in [0.1, 0.15) is 5.82 Å². The van der Waals surface area contributed by atoms with E-state index in [1.807, 2.05) is 11.8 Å². The number of rotatable bonds is 7. The van der Waals surface area contributed by atoms with Gasteiger partial charge in [0.05, 0.1) is 11.0 Å². The average Bonchev–Trinajstić information content (AvgIpc) is 3.97. The zero-order chi connectivity index (χ0) is 43.6. The summed E-state index contributed by atoms with van der Waals surface area (Å²) in [6.07, 6.45) is 4.98. The Bertz CT molecular complexity index is 3700. The first-order valence-corrected chi connectivity index (χ1v) is 23.6. The van der Waals surface area contributed by atoms with E-state index in [2.05, 4.69) is 247 Å². The van der Waals surface area contributed by atoms with Crippen LogP contribution >= 0.6 is 11.8 Å². The van der Waals surface area contributed by atoms with Crippen LogP contribution in [-0.2, 0) is 0 Å². The van der Waals surface area contributed by atoms with Gasteiger partial charge in [-0.25, -0.2) is 4.98 Å². The van der Waals surface area contributed by atoms with E-state index in [9.17, 15) is 0 Å². The van der Waals surface area contributed by atoms with E-state index in [1.165, 1.54) is 87.7 Å². The summed E-state index contributed by atoms with van der Waals surface area (Å²) >= 11 is 2.00. The fourth-order valence-electron chi connectivity index (χ4n) is 10.3. The molecule has 310 valence electrons. The molecule has 3 heteroatoms. The van der Waals surface area contributed by atoms with Gasteiger partial charge in [-0.05, 0) is 125 Å². The molecule has 1 aliphatic carbocycles. The van der Waals surface area contributed by atoms with Gasteiger partial charge in [-0.15, -0.1) is 11.8 Å². The van der Waals surface area contributed by atoms with Gasteiger partial charge >= 0.3 is 0 Å². The van der Waals surface area contributed by atoms with Crippen molar-refractivity contribution in [2.45, 2.75) is 16.1 Å². The second-order valence-electron chi connectivity index (χ2n) is 17.4. The molecule has 2 unspecified atom stereocenters. The van der Waals surface area contributed by atoms with Crippen molar-refractivity contribution in [3.8, 4) is 50.5 Å². The summed E-state index contributed by atoms with van der Waals surface area (Å²) in [4.78, 5) is 6.52. The summed E-state index contributed by atoms with van der Waals surface area (Å²) < 4.78 is 2.28. The highest BCUT2D eigenvalue weighted by Crippen LogP contribution is 2.55. The van der Waals surface area contributed by atoms with Crippen LogP contribution < -0.4 is 0 Å². The first-order valence-electron chi connectivity index (χ1n) is 22.8. The van der Waals surface area contributed by atoms with Gasteiger partial charge in [0.2, 0.25) is 0 Å². The summed E-state index contributed by atoms with van der Waals surface area (Å²) in [6, 6.07) is 84.1. The topological polar surface area (TPSA) is 17.8 Å². The Morgan fingerprint density at radius 3 is 1.68 bits per heavy atom. The highest BCUT2D eigenvalue weighted by atomic mass is 32.2. The van der Waals surface area contributed by atoms with Crippen LogP contribution in [0.5, 0.6) is 0 Å². The van der Waals surface area contributed by atoms with Crippen LogP contribution in [0.4, 0.5) is 0 Å². The molecule has 0 bridgehead atoms. The second kappa shape index (κ2) is 15.9. The van der Waals surface area contributed by atoms with Gasteiger partial charge < -0.3 is 0 Å². The lowest BCUT2D eigenvalue weighted by Gasteiger charge is -2.27. The smallest absolute Gasteiger partial charge is 0.145 e. The molecule has 13 rings (SSSR count). The minimum Gasteiger partial charge on any atom is -0.292 e.